The second-order valence-corrected chi connectivity index (χ2v) is 5.94. The van der Waals surface area contributed by atoms with E-state index < -0.39 is 10.0 Å². The van der Waals surface area contributed by atoms with Crippen molar-refractivity contribution in [2.24, 2.45) is 0 Å². The molecule has 1 aromatic carbocycles. The first-order valence-electron chi connectivity index (χ1n) is 6.05. The summed E-state index contributed by atoms with van der Waals surface area (Å²) >= 11 is 0. The fourth-order valence-corrected chi connectivity index (χ4v) is 2.13. The minimum atomic E-state index is -3.20. The van der Waals surface area contributed by atoms with E-state index in [1.807, 2.05) is 6.92 Å². The number of ether oxygens (including phenoxy) is 1. The molecule has 0 aromatic heterocycles. The van der Waals surface area contributed by atoms with Crippen molar-refractivity contribution in [3.8, 4) is 11.5 Å². The van der Waals surface area contributed by atoms with Gasteiger partial charge in [-0.15, -0.1) is 0 Å². The Labute approximate surface area is 113 Å². The number of phenols is 1. The molecule has 3 N–H and O–H groups in total. The van der Waals surface area contributed by atoms with Crippen LogP contribution >= 0.6 is 0 Å². The van der Waals surface area contributed by atoms with Crippen LogP contribution in [0, 0.1) is 0 Å². The van der Waals surface area contributed by atoms with Gasteiger partial charge in [0.1, 0.15) is 0 Å². The summed E-state index contributed by atoms with van der Waals surface area (Å²) in [7, 11) is -1.82. The molecule has 0 atom stereocenters. The van der Waals surface area contributed by atoms with Crippen LogP contribution < -0.4 is 14.8 Å². The fourth-order valence-electron chi connectivity index (χ4n) is 1.51. The Balaban J connectivity index is 2.52. The van der Waals surface area contributed by atoms with Crippen LogP contribution in [0.3, 0.4) is 0 Å². The van der Waals surface area contributed by atoms with Gasteiger partial charge in [-0.25, -0.2) is 13.1 Å². The Morgan fingerprint density at radius 3 is 2.74 bits per heavy atom. The standard InChI is InChI=1S/C12H20N2O4S/c1-3-18-11-6-4-5-10(12(11)15)9-14-7-8-19(16,17)13-2/h4-6,13-15H,3,7-9H2,1-2H3. The SMILES string of the molecule is CCOc1cccc(CNCCS(=O)(=O)NC)c1O. The quantitative estimate of drug-likeness (QED) is 0.604. The molecule has 0 aliphatic heterocycles. The van der Waals surface area contributed by atoms with Crippen LogP contribution in [-0.2, 0) is 16.6 Å². The van der Waals surface area contributed by atoms with Crippen molar-refractivity contribution in [2.75, 3.05) is 26.0 Å². The van der Waals surface area contributed by atoms with Crippen molar-refractivity contribution >= 4 is 10.0 Å². The maximum atomic E-state index is 11.2. The zero-order valence-corrected chi connectivity index (χ0v) is 12.0. The Morgan fingerprint density at radius 1 is 1.37 bits per heavy atom. The predicted molar refractivity (Wildman–Crippen MR) is 73.8 cm³/mol. The van der Waals surface area contributed by atoms with Crippen LogP contribution in [0.15, 0.2) is 18.2 Å². The van der Waals surface area contributed by atoms with Gasteiger partial charge in [-0.3, -0.25) is 0 Å². The number of aromatic hydroxyl groups is 1. The first-order chi connectivity index (χ1) is 9.00. The van der Waals surface area contributed by atoms with E-state index in [4.69, 9.17) is 4.74 Å². The number of hydrogen-bond acceptors (Lipinski definition) is 5. The molecule has 108 valence electrons. The third kappa shape index (κ3) is 5.06. The number of benzene rings is 1. The molecule has 0 aliphatic rings. The average Bonchev–Trinajstić information content (AvgIpc) is 2.39. The normalized spacial score (nSPS) is 11.5. The van der Waals surface area contributed by atoms with Gasteiger partial charge in [0, 0.05) is 18.7 Å². The van der Waals surface area contributed by atoms with Gasteiger partial charge in [0.25, 0.3) is 0 Å². The molecule has 0 aliphatic carbocycles. The minimum Gasteiger partial charge on any atom is -0.504 e. The molecule has 0 spiro atoms. The molecule has 0 saturated carbocycles. The van der Waals surface area contributed by atoms with Crippen LogP contribution in [0.5, 0.6) is 11.5 Å². The largest absolute Gasteiger partial charge is 0.504 e. The molecule has 0 radical (unpaired) electrons. The highest BCUT2D eigenvalue weighted by Crippen LogP contribution is 2.29. The smallest absolute Gasteiger partial charge is 0.212 e. The molecule has 0 unspecified atom stereocenters. The van der Waals surface area contributed by atoms with Gasteiger partial charge in [-0.05, 0) is 20.0 Å². The maximum Gasteiger partial charge on any atom is 0.212 e. The van der Waals surface area contributed by atoms with Crippen LogP contribution in [0.4, 0.5) is 0 Å². The summed E-state index contributed by atoms with van der Waals surface area (Å²) in [5.41, 5.74) is 0.674. The zero-order valence-electron chi connectivity index (χ0n) is 11.1. The summed E-state index contributed by atoms with van der Waals surface area (Å²) in [6, 6.07) is 5.23. The lowest BCUT2D eigenvalue weighted by Crippen LogP contribution is -2.29. The molecule has 1 rings (SSSR count). The van der Waals surface area contributed by atoms with E-state index in [0.29, 0.717) is 31.0 Å². The average molecular weight is 288 g/mol. The Morgan fingerprint density at radius 2 is 2.11 bits per heavy atom. The summed E-state index contributed by atoms with van der Waals surface area (Å²) < 4.78 is 29.9. The minimum absolute atomic E-state index is 0.00455. The van der Waals surface area contributed by atoms with E-state index in [-0.39, 0.29) is 11.5 Å². The van der Waals surface area contributed by atoms with E-state index in [2.05, 4.69) is 10.0 Å². The van der Waals surface area contributed by atoms with Gasteiger partial charge in [0.15, 0.2) is 11.5 Å². The Kier molecular flexibility index (Phi) is 6.07. The number of hydrogen-bond donors (Lipinski definition) is 3. The molecule has 1 aromatic rings. The van der Waals surface area contributed by atoms with Crippen molar-refractivity contribution < 1.29 is 18.3 Å². The highest BCUT2D eigenvalue weighted by atomic mass is 32.2. The number of nitrogens with one attached hydrogen (secondary N) is 2. The van der Waals surface area contributed by atoms with Crippen LogP contribution in [-0.4, -0.2) is 39.5 Å². The number of sulfonamides is 1. The molecule has 0 saturated heterocycles. The molecule has 0 heterocycles. The molecule has 0 bridgehead atoms. The van der Waals surface area contributed by atoms with Crippen LogP contribution in [0.25, 0.3) is 0 Å². The number of rotatable bonds is 8. The van der Waals surface area contributed by atoms with Gasteiger partial charge < -0.3 is 15.2 Å². The number of para-hydroxylation sites is 1. The highest BCUT2D eigenvalue weighted by molar-refractivity contribution is 7.89. The first kappa shape index (κ1) is 15.7. The summed E-state index contributed by atoms with van der Waals surface area (Å²) in [4.78, 5) is 0. The Hall–Kier alpha value is -1.31. The number of phenolic OH excluding ortho intramolecular Hbond substituents is 1. The maximum absolute atomic E-state index is 11.2. The van der Waals surface area contributed by atoms with E-state index in [1.165, 1.54) is 7.05 Å². The third-order valence-corrected chi connectivity index (χ3v) is 3.92. The second-order valence-electron chi connectivity index (χ2n) is 3.90. The summed E-state index contributed by atoms with van der Waals surface area (Å²) in [6.07, 6.45) is 0. The lowest BCUT2D eigenvalue weighted by molar-refractivity contribution is 0.316. The van der Waals surface area contributed by atoms with Crippen molar-refractivity contribution in [1.82, 2.24) is 10.0 Å². The van der Waals surface area contributed by atoms with Crippen molar-refractivity contribution in [1.29, 1.82) is 0 Å². The molecular formula is C12H20N2O4S. The topological polar surface area (TPSA) is 87.7 Å². The monoisotopic (exact) mass is 288 g/mol. The van der Waals surface area contributed by atoms with E-state index >= 15 is 0 Å². The summed E-state index contributed by atoms with van der Waals surface area (Å²) in [6.45, 7) is 3.01. The summed E-state index contributed by atoms with van der Waals surface area (Å²) in [5, 5.41) is 12.9. The van der Waals surface area contributed by atoms with Crippen LogP contribution in [0.1, 0.15) is 12.5 Å². The molecule has 7 heteroatoms. The highest BCUT2D eigenvalue weighted by Gasteiger charge is 2.09. The van der Waals surface area contributed by atoms with Gasteiger partial charge in [0.05, 0.1) is 12.4 Å². The predicted octanol–water partition coefficient (Wildman–Crippen LogP) is 0.430. The van der Waals surface area contributed by atoms with E-state index in [9.17, 15) is 13.5 Å². The Bertz CT molecular complexity index is 502. The molecule has 19 heavy (non-hydrogen) atoms. The van der Waals surface area contributed by atoms with E-state index in [0.717, 1.165) is 0 Å². The molecule has 0 amide bonds. The first-order valence-corrected chi connectivity index (χ1v) is 7.71. The van der Waals surface area contributed by atoms with Gasteiger partial charge in [0.2, 0.25) is 10.0 Å². The third-order valence-electron chi connectivity index (χ3n) is 2.56. The van der Waals surface area contributed by atoms with Gasteiger partial charge in [-0.2, -0.15) is 0 Å². The lowest BCUT2D eigenvalue weighted by atomic mass is 10.2. The summed E-state index contributed by atoms with van der Waals surface area (Å²) in [5.74, 6) is 0.521. The molecule has 6 nitrogen and oxygen atoms in total. The van der Waals surface area contributed by atoms with E-state index in [1.54, 1.807) is 18.2 Å². The van der Waals surface area contributed by atoms with Crippen molar-refractivity contribution in [3.05, 3.63) is 23.8 Å². The molecular weight excluding hydrogens is 268 g/mol. The lowest BCUT2D eigenvalue weighted by Gasteiger charge is -2.11. The second kappa shape index (κ2) is 7.32. The molecule has 0 fully saturated rings. The van der Waals surface area contributed by atoms with Crippen LogP contribution in [0.2, 0.25) is 0 Å². The van der Waals surface area contributed by atoms with Crippen molar-refractivity contribution in [3.63, 3.8) is 0 Å². The fraction of sp³-hybridized carbons (Fsp3) is 0.500. The van der Waals surface area contributed by atoms with Gasteiger partial charge >= 0.3 is 0 Å². The van der Waals surface area contributed by atoms with Gasteiger partial charge in [-0.1, -0.05) is 12.1 Å². The zero-order chi connectivity index (χ0) is 14.3. The van der Waals surface area contributed by atoms with Crippen molar-refractivity contribution in [2.45, 2.75) is 13.5 Å².